The third-order valence-corrected chi connectivity index (χ3v) is 2.34. The summed E-state index contributed by atoms with van der Waals surface area (Å²) < 4.78 is 0. The monoisotopic (exact) mass is 156 g/mol. The summed E-state index contributed by atoms with van der Waals surface area (Å²) in [5.74, 6) is 0.581. The first-order chi connectivity index (χ1) is 4.93. The molecule has 11 heavy (non-hydrogen) atoms. The van der Waals surface area contributed by atoms with Crippen LogP contribution in [-0.2, 0) is 0 Å². The summed E-state index contributed by atoms with van der Waals surface area (Å²) in [4.78, 5) is 12.7. The number of nitrogens with two attached hydrogens (primary N) is 1. The van der Waals surface area contributed by atoms with Crippen LogP contribution in [0.25, 0.3) is 0 Å². The number of nitrogens with zero attached hydrogens (tertiary/aromatic N) is 1. The average Bonchev–Trinajstić information content (AvgIpc) is 2.04. The van der Waals surface area contributed by atoms with E-state index < -0.39 is 0 Å². The highest BCUT2D eigenvalue weighted by Gasteiger charge is 2.38. The summed E-state index contributed by atoms with van der Waals surface area (Å²) in [5.41, 5.74) is 5.19. The maximum Gasteiger partial charge on any atom is 0.315 e. The minimum Gasteiger partial charge on any atom is -0.351 e. The summed E-state index contributed by atoms with van der Waals surface area (Å²) in [6, 6.07) is -0.292. The second-order valence-corrected chi connectivity index (χ2v) is 4.07. The molecule has 0 aromatic heterocycles. The van der Waals surface area contributed by atoms with Gasteiger partial charge in [0.15, 0.2) is 0 Å². The normalized spacial score (nSPS) is 29.0. The molecule has 1 unspecified atom stereocenters. The molecule has 1 heterocycles. The molecule has 3 nitrogen and oxygen atoms in total. The number of amides is 2. The lowest BCUT2D eigenvalue weighted by molar-refractivity contribution is 0.174. The van der Waals surface area contributed by atoms with E-state index in [2.05, 4.69) is 20.8 Å². The molecular formula is C8H16N2O. The zero-order valence-corrected chi connectivity index (χ0v) is 7.42. The van der Waals surface area contributed by atoms with E-state index in [9.17, 15) is 4.79 Å². The molecule has 0 radical (unpaired) electrons. The summed E-state index contributed by atoms with van der Waals surface area (Å²) in [5, 5.41) is 0. The molecule has 0 aliphatic carbocycles. The van der Waals surface area contributed by atoms with Gasteiger partial charge >= 0.3 is 6.03 Å². The number of urea groups is 1. The van der Waals surface area contributed by atoms with Gasteiger partial charge in [-0.2, -0.15) is 0 Å². The third kappa shape index (κ3) is 1.47. The van der Waals surface area contributed by atoms with Crippen LogP contribution < -0.4 is 5.73 Å². The quantitative estimate of drug-likeness (QED) is 0.562. The lowest BCUT2D eigenvalue weighted by Crippen LogP contribution is -2.45. The molecule has 3 heteroatoms. The van der Waals surface area contributed by atoms with Crippen molar-refractivity contribution in [3.05, 3.63) is 0 Å². The highest BCUT2D eigenvalue weighted by molar-refractivity contribution is 5.73. The van der Waals surface area contributed by atoms with E-state index in [1.807, 2.05) is 0 Å². The van der Waals surface area contributed by atoms with Crippen molar-refractivity contribution in [3.8, 4) is 0 Å². The van der Waals surface area contributed by atoms with E-state index in [0.29, 0.717) is 5.92 Å². The molecule has 64 valence electrons. The smallest absolute Gasteiger partial charge is 0.315 e. The summed E-state index contributed by atoms with van der Waals surface area (Å²) in [7, 11) is 0. The standard InChI is InChI=1S/C8H16N2O/c1-6-4-8(2,3)10(5-6)7(9)11/h6H,4-5H2,1-3H3,(H2,9,11). The van der Waals surface area contributed by atoms with Crippen molar-refractivity contribution in [1.82, 2.24) is 4.90 Å². The second-order valence-electron chi connectivity index (χ2n) is 4.07. The van der Waals surface area contributed by atoms with Gasteiger partial charge in [-0.05, 0) is 26.2 Å². The molecule has 0 saturated carbocycles. The minimum atomic E-state index is -0.292. The molecule has 2 amide bonds. The topological polar surface area (TPSA) is 46.3 Å². The van der Waals surface area contributed by atoms with Gasteiger partial charge in [0, 0.05) is 12.1 Å². The zero-order chi connectivity index (χ0) is 8.65. The molecule has 0 spiro atoms. The number of rotatable bonds is 0. The molecular weight excluding hydrogens is 140 g/mol. The van der Waals surface area contributed by atoms with Crippen LogP contribution >= 0.6 is 0 Å². The minimum absolute atomic E-state index is 0.0365. The Hall–Kier alpha value is -0.730. The van der Waals surface area contributed by atoms with Crippen LogP contribution in [-0.4, -0.2) is 23.0 Å². The van der Waals surface area contributed by atoms with Crippen molar-refractivity contribution in [1.29, 1.82) is 0 Å². The van der Waals surface area contributed by atoms with Crippen LogP contribution in [0.3, 0.4) is 0 Å². The van der Waals surface area contributed by atoms with Gasteiger partial charge < -0.3 is 10.6 Å². The lowest BCUT2D eigenvalue weighted by atomic mass is 9.98. The first kappa shape index (κ1) is 8.37. The predicted octanol–water partition coefficient (Wildman–Crippen LogP) is 1.19. The maximum absolute atomic E-state index is 10.9. The van der Waals surface area contributed by atoms with E-state index in [-0.39, 0.29) is 11.6 Å². The van der Waals surface area contributed by atoms with E-state index in [1.54, 1.807) is 4.90 Å². The van der Waals surface area contributed by atoms with Gasteiger partial charge in [-0.15, -0.1) is 0 Å². The molecule has 1 fully saturated rings. The van der Waals surface area contributed by atoms with Crippen LogP contribution in [0.2, 0.25) is 0 Å². The van der Waals surface area contributed by atoms with E-state index in [4.69, 9.17) is 5.73 Å². The molecule has 0 aromatic rings. The van der Waals surface area contributed by atoms with Crippen molar-refractivity contribution in [2.45, 2.75) is 32.7 Å². The van der Waals surface area contributed by atoms with Gasteiger partial charge in [-0.3, -0.25) is 0 Å². The number of carbonyl (C=O) groups excluding carboxylic acids is 1. The summed E-state index contributed by atoms with van der Waals surface area (Å²) in [6.07, 6.45) is 1.05. The van der Waals surface area contributed by atoms with Gasteiger partial charge in [0.25, 0.3) is 0 Å². The van der Waals surface area contributed by atoms with Crippen molar-refractivity contribution < 1.29 is 4.79 Å². The molecule has 1 saturated heterocycles. The molecule has 1 aliphatic rings. The predicted molar refractivity (Wildman–Crippen MR) is 44.1 cm³/mol. The number of hydrogen-bond donors (Lipinski definition) is 1. The van der Waals surface area contributed by atoms with Gasteiger partial charge in [0.05, 0.1) is 0 Å². The molecule has 0 aromatic carbocycles. The Bertz CT molecular complexity index is 177. The number of carbonyl (C=O) groups is 1. The Balaban J connectivity index is 2.74. The number of primary amides is 1. The SMILES string of the molecule is CC1CN(C(N)=O)C(C)(C)C1. The average molecular weight is 156 g/mol. The summed E-state index contributed by atoms with van der Waals surface area (Å²) in [6.45, 7) is 7.07. The van der Waals surface area contributed by atoms with Crippen LogP contribution in [0.5, 0.6) is 0 Å². The van der Waals surface area contributed by atoms with Gasteiger partial charge in [-0.25, -0.2) is 4.79 Å². The van der Waals surface area contributed by atoms with Crippen LogP contribution in [0.15, 0.2) is 0 Å². The van der Waals surface area contributed by atoms with Crippen molar-refractivity contribution >= 4 is 6.03 Å². The Kier molecular flexibility index (Phi) is 1.82. The fraction of sp³-hybridized carbons (Fsp3) is 0.875. The molecule has 1 atom stereocenters. The Morgan fingerprint density at radius 3 is 2.36 bits per heavy atom. The highest BCUT2D eigenvalue weighted by atomic mass is 16.2. The van der Waals surface area contributed by atoms with Gasteiger partial charge in [-0.1, -0.05) is 6.92 Å². The Labute approximate surface area is 67.5 Å². The second kappa shape index (κ2) is 2.40. The Morgan fingerprint density at radius 1 is 1.64 bits per heavy atom. The van der Waals surface area contributed by atoms with Crippen LogP contribution in [0.4, 0.5) is 4.79 Å². The van der Waals surface area contributed by atoms with Gasteiger partial charge in [0.2, 0.25) is 0 Å². The fourth-order valence-corrected chi connectivity index (χ4v) is 1.97. The first-order valence-electron chi connectivity index (χ1n) is 4.00. The molecule has 0 bridgehead atoms. The fourth-order valence-electron chi connectivity index (χ4n) is 1.97. The molecule has 1 aliphatic heterocycles. The molecule has 1 rings (SSSR count). The van der Waals surface area contributed by atoms with E-state index in [0.717, 1.165) is 13.0 Å². The van der Waals surface area contributed by atoms with Crippen molar-refractivity contribution in [2.75, 3.05) is 6.54 Å². The first-order valence-corrected chi connectivity index (χ1v) is 4.00. The Morgan fingerprint density at radius 2 is 2.18 bits per heavy atom. The van der Waals surface area contributed by atoms with Crippen LogP contribution in [0.1, 0.15) is 27.2 Å². The largest absolute Gasteiger partial charge is 0.351 e. The third-order valence-electron chi connectivity index (χ3n) is 2.34. The summed E-state index contributed by atoms with van der Waals surface area (Å²) >= 11 is 0. The van der Waals surface area contributed by atoms with Gasteiger partial charge in [0.1, 0.15) is 0 Å². The van der Waals surface area contributed by atoms with E-state index in [1.165, 1.54) is 0 Å². The van der Waals surface area contributed by atoms with Crippen LogP contribution in [0, 0.1) is 5.92 Å². The lowest BCUT2D eigenvalue weighted by Gasteiger charge is -2.29. The van der Waals surface area contributed by atoms with E-state index >= 15 is 0 Å². The van der Waals surface area contributed by atoms with Crippen molar-refractivity contribution in [3.63, 3.8) is 0 Å². The number of likely N-dealkylation sites (tertiary alicyclic amines) is 1. The van der Waals surface area contributed by atoms with Crippen molar-refractivity contribution in [2.24, 2.45) is 11.7 Å². The number of hydrogen-bond acceptors (Lipinski definition) is 1. The highest BCUT2D eigenvalue weighted by Crippen LogP contribution is 2.31. The molecule has 2 N–H and O–H groups in total. The maximum atomic E-state index is 10.9. The zero-order valence-electron chi connectivity index (χ0n) is 7.42.